The van der Waals surface area contributed by atoms with Crippen LogP contribution in [0.4, 0.5) is 0 Å². The van der Waals surface area contributed by atoms with E-state index in [1.165, 1.54) is 4.88 Å². The Morgan fingerprint density at radius 1 is 1.25 bits per heavy atom. The summed E-state index contributed by atoms with van der Waals surface area (Å²) in [5.74, 6) is 0.782. The minimum atomic E-state index is 0.224. The van der Waals surface area contributed by atoms with Gasteiger partial charge in [-0.15, -0.1) is 11.3 Å². The minimum absolute atomic E-state index is 0.224. The van der Waals surface area contributed by atoms with Crippen molar-refractivity contribution in [1.29, 1.82) is 0 Å². The summed E-state index contributed by atoms with van der Waals surface area (Å²) in [4.78, 5) is 5.56. The van der Waals surface area contributed by atoms with Crippen LogP contribution in [-0.4, -0.2) is 45.5 Å². The summed E-state index contributed by atoms with van der Waals surface area (Å²) in [5.41, 5.74) is 2.04. The fourth-order valence-corrected chi connectivity index (χ4v) is 4.25. The number of aromatic nitrogens is 1. The molecule has 0 bridgehead atoms. The zero-order valence-corrected chi connectivity index (χ0v) is 14.9. The third-order valence-electron chi connectivity index (χ3n) is 3.76. The van der Waals surface area contributed by atoms with Crippen LogP contribution in [0.3, 0.4) is 0 Å². The van der Waals surface area contributed by atoms with Gasteiger partial charge in [-0.2, -0.15) is 10.2 Å². The normalized spacial score (nSPS) is 19.8. The maximum Gasteiger partial charge on any atom is 0.204 e. The number of hydrazone groups is 2. The highest BCUT2D eigenvalue weighted by Gasteiger charge is 2.29. The number of thioether (sulfide) groups is 1. The van der Waals surface area contributed by atoms with Gasteiger partial charge in [-0.25, -0.2) is 5.01 Å². The largest absolute Gasteiger partial charge is 0.295 e. The van der Waals surface area contributed by atoms with Crippen molar-refractivity contribution in [2.75, 3.05) is 13.6 Å². The number of hydrogen-bond acceptors (Lipinski definition) is 7. The first-order valence-electron chi connectivity index (χ1n) is 7.72. The molecule has 0 saturated carbocycles. The Bertz CT molecular complexity index is 783. The average molecular weight is 355 g/mol. The van der Waals surface area contributed by atoms with E-state index < -0.39 is 0 Å². The molecule has 0 radical (unpaired) electrons. The molecule has 4 heterocycles. The Kier molecular flexibility index (Phi) is 4.36. The van der Waals surface area contributed by atoms with E-state index in [-0.39, 0.29) is 6.04 Å². The molecular weight excluding hydrogens is 338 g/mol. The molecule has 0 spiro atoms. The highest BCUT2D eigenvalue weighted by atomic mass is 32.2. The molecule has 122 valence electrons. The summed E-state index contributed by atoms with van der Waals surface area (Å²) in [6.45, 7) is 0.839. The second-order valence-electron chi connectivity index (χ2n) is 5.57. The van der Waals surface area contributed by atoms with Crippen LogP contribution < -0.4 is 0 Å². The molecule has 1 atom stereocenters. The van der Waals surface area contributed by atoms with Crippen molar-refractivity contribution < 1.29 is 0 Å². The maximum absolute atomic E-state index is 4.85. The molecule has 0 saturated heterocycles. The van der Waals surface area contributed by atoms with Crippen LogP contribution in [0, 0.1) is 0 Å². The third-order valence-corrected chi connectivity index (χ3v) is 5.62. The standard InChI is InChI=1S/C17H17N5S2/c1-21-11-14-7-8-15(16-6-4-10-23-16)19-22(14)17(20-21)24-12-13-5-2-3-9-18-13/h2-10,14H,11-12H2,1H3. The third kappa shape index (κ3) is 3.22. The number of amidine groups is 1. The second-order valence-corrected chi connectivity index (χ2v) is 7.46. The van der Waals surface area contributed by atoms with Crippen molar-refractivity contribution in [1.82, 2.24) is 15.0 Å². The Balaban J connectivity index is 1.57. The predicted octanol–water partition coefficient (Wildman–Crippen LogP) is 3.24. The molecular formula is C17H17N5S2. The molecule has 0 aromatic carbocycles. The second kappa shape index (κ2) is 6.78. The number of nitrogens with zero attached hydrogens (tertiary/aromatic N) is 5. The monoisotopic (exact) mass is 355 g/mol. The fraction of sp³-hybridized carbons (Fsp3) is 0.235. The summed E-state index contributed by atoms with van der Waals surface area (Å²) >= 11 is 3.38. The molecule has 0 amide bonds. The van der Waals surface area contributed by atoms with E-state index in [0.717, 1.165) is 28.9 Å². The first kappa shape index (κ1) is 15.4. The Morgan fingerprint density at radius 2 is 2.21 bits per heavy atom. The van der Waals surface area contributed by atoms with Crippen LogP contribution in [0.25, 0.3) is 0 Å². The van der Waals surface area contributed by atoms with Crippen molar-refractivity contribution in [2.45, 2.75) is 11.8 Å². The lowest BCUT2D eigenvalue weighted by Gasteiger charge is -2.36. The molecule has 24 heavy (non-hydrogen) atoms. The minimum Gasteiger partial charge on any atom is -0.295 e. The summed E-state index contributed by atoms with van der Waals surface area (Å²) in [5, 5.41) is 16.5. The van der Waals surface area contributed by atoms with Crippen LogP contribution in [0.2, 0.25) is 0 Å². The molecule has 2 aromatic rings. The molecule has 4 rings (SSSR count). The molecule has 0 fully saturated rings. The van der Waals surface area contributed by atoms with Gasteiger partial charge in [0.15, 0.2) is 0 Å². The van der Waals surface area contributed by atoms with Gasteiger partial charge in [-0.05, 0) is 29.7 Å². The quantitative estimate of drug-likeness (QED) is 0.848. The lowest BCUT2D eigenvalue weighted by atomic mass is 10.1. The van der Waals surface area contributed by atoms with Crippen molar-refractivity contribution in [3.63, 3.8) is 0 Å². The summed E-state index contributed by atoms with van der Waals surface area (Å²) in [6.07, 6.45) is 6.16. The topological polar surface area (TPSA) is 44.1 Å². The highest BCUT2D eigenvalue weighted by Crippen LogP contribution is 2.26. The van der Waals surface area contributed by atoms with E-state index in [1.54, 1.807) is 23.1 Å². The Labute approximate surface area is 149 Å². The average Bonchev–Trinajstić information content (AvgIpc) is 3.15. The van der Waals surface area contributed by atoms with E-state index in [0.29, 0.717) is 0 Å². The Hall–Kier alpha value is -2.12. The van der Waals surface area contributed by atoms with Crippen LogP contribution in [0.15, 0.2) is 64.3 Å². The van der Waals surface area contributed by atoms with Gasteiger partial charge in [0.05, 0.1) is 23.2 Å². The van der Waals surface area contributed by atoms with Crippen molar-refractivity contribution in [3.05, 3.63) is 64.6 Å². The number of rotatable bonds is 3. The lowest BCUT2D eigenvalue weighted by molar-refractivity contribution is 0.227. The van der Waals surface area contributed by atoms with Crippen molar-refractivity contribution in [3.8, 4) is 0 Å². The SMILES string of the molecule is CN1CC2C=CC(c3cccs3)=NN2C(SCc2ccccn2)=N1. The first-order chi connectivity index (χ1) is 11.8. The van der Waals surface area contributed by atoms with Gasteiger partial charge in [0.25, 0.3) is 0 Å². The van der Waals surface area contributed by atoms with E-state index in [9.17, 15) is 0 Å². The number of allylic oxidation sites excluding steroid dienone is 1. The van der Waals surface area contributed by atoms with Gasteiger partial charge in [0.2, 0.25) is 5.17 Å². The van der Waals surface area contributed by atoms with Gasteiger partial charge in [0, 0.05) is 19.0 Å². The van der Waals surface area contributed by atoms with Gasteiger partial charge in [0.1, 0.15) is 5.71 Å². The summed E-state index contributed by atoms with van der Waals surface area (Å²) < 4.78 is 0. The number of thiophene rings is 1. The number of pyridine rings is 1. The summed E-state index contributed by atoms with van der Waals surface area (Å²) in [7, 11) is 2.00. The molecule has 5 nitrogen and oxygen atoms in total. The number of likely N-dealkylation sites (N-methyl/N-ethyl adjacent to an activating group) is 1. The van der Waals surface area contributed by atoms with Crippen LogP contribution in [-0.2, 0) is 5.75 Å². The number of fused-ring (bicyclic) bond motifs is 1. The molecule has 7 heteroatoms. The van der Waals surface area contributed by atoms with Crippen molar-refractivity contribution in [2.24, 2.45) is 10.2 Å². The van der Waals surface area contributed by atoms with Crippen LogP contribution in [0.5, 0.6) is 0 Å². The van der Waals surface area contributed by atoms with E-state index in [1.807, 2.05) is 41.5 Å². The molecule has 2 aromatic heterocycles. The zero-order chi connectivity index (χ0) is 16.4. The summed E-state index contributed by atoms with van der Waals surface area (Å²) in [6, 6.07) is 10.4. The van der Waals surface area contributed by atoms with E-state index >= 15 is 0 Å². The smallest absolute Gasteiger partial charge is 0.204 e. The van der Waals surface area contributed by atoms with Gasteiger partial charge in [-0.1, -0.05) is 30.0 Å². The van der Waals surface area contributed by atoms with Crippen LogP contribution in [0.1, 0.15) is 10.6 Å². The van der Waals surface area contributed by atoms with Crippen molar-refractivity contribution >= 4 is 34.0 Å². The van der Waals surface area contributed by atoms with Gasteiger partial charge >= 0.3 is 0 Å². The van der Waals surface area contributed by atoms with Gasteiger partial charge < -0.3 is 0 Å². The number of hydrogen-bond donors (Lipinski definition) is 0. The highest BCUT2D eigenvalue weighted by molar-refractivity contribution is 8.13. The molecule has 0 aliphatic carbocycles. The zero-order valence-electron chi connectivity index (χ0n) is 13.2. The fourth-order valence-electron chi connectivity index (χ4n) is 2.61. The Morgan fingerprint density at radius 3 is 3.00 bits per heavy atom. The molecule has 1 unspecified atom stereocenters. The maximum atomic E-state index is 4.85. The van der Waals surface area contributed by atoms with Gasteiger partial charge in [-0.3, -0.25) is 9.99 Å². The van der Waals surface area contributed by atoms with Crippen LogP contribution >= 0.6 is 23.1 Å². The predicted molar refractivity (Wildman–Crippen MR) is 101 cm³/mol. The molecule has 2 aliphatic rings. The lowest BCUT2D eigenvalue weighted by Crippen LogP contribution is -2.47. The molecule has 2 aliphatic heterocycles. The molecule has 0 N–H and O–H groups in total. The first-order valence-corrected chi connectivity index (χ1v) is 9.58. The van der Waals surface area contributed by atoms with E-state index in [2.05, 4.69) is 39.8 Å². The van der Waals surface area contributed by atoms with E-state index in [4.69, 9.17) is 5.10 Å².